The topological polar surface area (TPSA) is 43.2 Å². The van der Waals surface area contributed by atoms with E-state index in [-0.39, 0.29) is 5.60 Å². The molecule has 0 aliphatic carbocycles. The van der Waals surface area contributed by atoms with Gasteiger partial charge in [0.2, 0.25) is 0 Å². The SMILES string of the molecule is Cc1cc(CN2CCC3(CC2)CC(c2cccnc2)CO3)n(C)n1. The predicted molar refractivity (Wildman–Crippen MR) is 92.7 cm³/mol. The lowest BCUT2D eigenvalue weighted by Gasteiger charge is -2.38. The highest BCUT2D eigenvalue weighted by Gasteiger charge is 2.43. The third-order valence-corrected chi connectivity index (χ3v) is 5.62. The molecule has 5 heteroatoms. The first kappa shape index (κ1) is 15.8. The van der Waals surface area contributed by atoms with E-state index in [0.717, 1.165) is 51.2 Å². The molecule has 1 atom stereocenters. The second-order valence-corrected chi connectivity index (χ2v) is 7.36. The number of rotatable bonds is 3. The molecule has 24 heavy (non-hydrogen) atoms. The van der Waals surface area contributed by atoms with Crippen LogP contribution in [0.25, 0.3) is 0 Å². The maximum absolute atomic E-state index is 6.30. The average Bonchev–Trinajstić information content (AvgIpc) is 3.14. The fraction of sp³-hybridized carbons (Fsp3) is 0.579. The minimum atomic E-state index is 0.0827. The van der Waals surface area contributed by atoms with Crippen LogP contribution in [0.4, 0.5) is 0 Å². The first-order valence-corrected chi connectivity index (χ1v) is 8.89. The van der Waals surface area contributed by atoms with E-state index in [4.69, 9.17) is 4.74 Å². The minimum absolute atomic E-state index is 0.0827. The Morgan fingerprint density at radius 2 is 2.17 bits per heavy atom. The van der Waals surface area contributed by atoms with E-state index >= 15 is 0 Å². The van der Waals surface area contributed by atoms with Crippen molar-refractivity contribution in [2.24, 2.45) is 7.05 Å². The summed E-state index contributed by atoms with van der Waals surface area (Å²) in [5.74, 6) is 0.505. The lowest BCUT2D eigenvalue weighted by molar-refractivity contribution is -0.0451. The van der Waals surface area contributed by atoms with E-state index in [1.807, 2.05) is 30.2 Å². The molecule has 4 rings (SSSR count). The summed E-state index contributed by atoms with van der Waals surface area (Å²) in [6, 6.07) is 6.40. The molecular formula is C19H26N4O. The van der Waals surface area contributed by atoms with E-state index in [2.05, 4.69) is 34.0 Å². The van der Waals surface area contributed by atoms with Gasteiger partial charge in [-0.25, -0.2) is 0 Å². The Balaban J connectivity index is 1.35. The second-order valence-electron chi connectivity index (χ2n) is 7.36. The zero-order valence-corrected chi connectivity index (χ0v) is 14.6. The van der Waals surface area contributed by atoms with Crippen molar-refractivity contribution in [3.63, 3.8) is 0 Å². The van der Waals surface area contributed by atoms with Gasteiger partial charge in [-0.1, -0.05) is 6.07 Å². The van der Waals surface area contributed by atoms with Crippen LogP contribution in [0.2, 0.25) is 0 Å². The highest BCUT2D eigenvalue weighted by molar-refractivity contribution is 5.18. The van der Waals surface area contributed by atoms with Crippen LogP contribution >= 0.6 is 0 Å². The molecule has 2 aliphatic rings. The van der Waals surface area contributed by atoms with Crippen molar-refractivity contribution in [2.45, 2.75) is 44.2 Å². The predicted octanol–water partition coefficient (Wildman–Crippen LogP) is 2.66. The van der Waals surface area contributed by atoms with E-state index in [9.17, 15) is 0 Å². The number of ether oxygens (including phenoxy) is 1. The zero-order valence-electron chi connectivity index (χ0n) is 14.6. The molecule has 0 amide bonds. The lowest BCUT2D eigenvalue weighted by Crippen LogP contribution is -2.43. The van der Waals surface area contributed by atoms with Gasteiger partial charge in [-0.3, -0.25) is 14.6 Å². The molecular weight excluding hydrogens is 300 g/mol. The van der Waals surface area contributed by atoms with Gasteiger partial charge in [-0.2, -0.15) is 5.10 Å². The van der Waals surface area contributed by atoms with Gasteiger partial charge >= 0.3 is 0 Å². The van der Waals surface area contributed by atoms with Crippen molar-refractivity contribution in [3.8, 4) is 0 Å². The second kappa shape index (κ2) is 6.30. The van der Waals surface area contributed by atoms with Gasteiger partial charge in [0, 0.05) is 45.0 Å². The third-order valence-electron chi connectivity index (χ3n) is 5.62. The Morgan fingerprint density at radius 1 is 1.33 bits per heavy atom. The number of piperidine rings is 1. The molecule has 128 valence electrons. The van der Waals surface area contributed by atoms with Crippen molar-refractivity contribution in [1.29, 1.82) is 0 Å². The minimum Gasteiger partial charge on any atom is -0.374 e. The maximum Gasteiger partial charge on any atom is 0.0713 e. The Labute approximate surface area is 143 Å². The molecule has 2 aliphatic heterocycles. The summed E-state index contributed by atoms with van der Waals surface area (Å²) >= 11 is 0. The summed E-state index contributed by atoms with van der Waals surface area (Å²) in [6.45, 7) is 6.08. The Bertz CT molecular complexity index is 689. The van der Waals surface area contributed by atoms with E-state index in [1.54, 1.807) is 0 Å². The van der Waals surface area contributed by atoms with Crippen molar-refractivity contribution in [3.05, 3.63) is 47.5 Å². The molecule has 1 spiro atoms. The van der Waals surface area contributed by atoms with Crippen LogP contribution in [0.3, 0.4) is 0 Å². The maximum atomic E-state index is 6.30. The van der Waals surface area contributed by atoms with Gasteiger partial charge in [-0.05, 0) is 43.9 Å². The molecule has 4 heterocycles. The van der Waals surface area contributed by atoms with Gasteiger partial charge in [0.25, 0.3) is 0 Å². The van der Waals surface area contributed by atoms with Crippen LogP contribution in [0, 0.1) is 6.92 Å². The number of aromatic nitrogens is 3. The molecule has 0 radical (unpaired) electrons. The Morgan fingerprint density at radius 3 is 2.83 bits per heavy atom. The number of pyridine rings is 1. The number of hydrogen-bond acceptors (Lipinski definition) is 4. The summed E-state index contributed by atoms with van der Waals surface area (Å²) in [5, 5.41) is 4.45. The van der Waals surface area contributed by atoms with Crippen molar-refractivity contribution >= 4 is 0 Å². The van der Waals surface area contributed by atoms with Crippen molar-refractivity contribution < 1.29 is 4.74 Å². The first-order chi connectivity index (χ1) is 11.6. The molecule has 1 unspecified atom stereocenters. The largest absolute Gasteiger partial charge is 0.374 e. The van der Waals surface area contributed by atoms with Crippen molar-refractivity contribution in [1.82, 2.24) is 19.7 Å². The van der Waals surface area contributed by atoms with Gasteiger partial charge < -0.3 is 4.74 Å². The molecule has 0 N–H and O–H groups in total. The number of nitrogens with zero attached hydrogens (tertiary/aromatic N) is 4. The fourth-order valence-corrected chi connectivity index (χ4v) is 4.18. The quantitative estimate of drug-likeness (QED) is 0.870. The van der Waals surface area contributed by atoms with Crippen LogP contribution in [-0.4, -0.2) is 45.0 Å². The highest BCUT2D eigenvalue weighted by Crippen LogP contribution is 2.42. The summed E-state index contributed by atoms with van der Waals surface area (Å²) < 4.78 is 8.31. The van der Waals surface area contributed by atoms with Crippen LogP contribution in [-0.2, 0) is 18.3 Å². The fourth-order valence-electron chi connectivity index (χ4n) is 4.18. The Kier molecular flexibility index (Phi) is 4.14. The number of likely N-dealkylation sites (tertiary alicyclic amines) is 1. The van der Waals surface area contributed by atoms with Crippen LogP contribution in [0.1, 0.15) is 42.1 Å². The van der Waals surface area contributed by atoms with Gasteiger partial charge in [-0.15, -0.1) is 0 Å². The van der Waals surface area contributed by atoms with Crippen LogP contribution in [0.5, 0.6) is 0 Å². The summed E-state index contributed by atoms with van der Waals surface area (Å²) in [4.78, 5) is 6.79. The first-order valence-electron chi connectivity index (χ1n) is 8.89. The average molecular weight is 326 g/mol. The lowest BCUT2D eigenvalue weighted by atomic mass is 9.83. The van der Waals surface area contributed by atoms with Gasteiger partial charge in [0.05, 0.1) is 23.6 Å². The molecule has 2 aromatic rings. The normalized spacial score (nSPS) is 23.8. The summed E-state index contributed by atoms with van der Waals surface area (Å²) in [6.07, 6.45) is 7.22. The smallest absolute Gasteiger partial charge is 0.0713 e. The molecule has 5 nitrogen and oxygen atoms in total. The van der Waals surface area contributed by atoms with E-state index in [1.165, 1.54) is 11.3 Å². The van der Waals surface area contributed by atoms with E-state index < -0.39 is 0 Å². The van der Waals surface area contributed by atoms with Crippen LogP contribution < -0.4 is 0 Å². The Hall–Kier alpha value is -1.72. The molecule has 0 bridgehead atoms. The molecule has 2 aromatic heterocycles. The molecule has 2 saturated heterocycles. The molecule has 2 fully saturated rings. The number of hydrogen-bond donors (Lipinski definition) is 0. The highest BCUT2D eigenvalue weighted by atomic mass is 16.5. The van der Waals surface area contributed by atoms with Crippen LogP contribution in [0.15, 0.2) is 30.6 Å². The van der Waals surface area contributed by atoms with Gasteiger partial charge in [0.15, 0.2) is 0 Å². The summed E-state index contributed by atoms with van der Waals surface area (Å²) in [5.41, 5.74) is 3.80. The zero-order chi connectivity index (χ0) is 16.6. The molecule has 0 aromatic carbocycles. The van der Waals surface area contributed by atoms with Crippen molar-refractivity contribution in [2.75, 3.05) is 19.7 Å². The number of aryl methyl sites for hydroxylation is 2. The van der Waals surface area contributed by atoms with E-state index in [0.29, 0.717) is 5.92 Å². The third kappa shape index (κ3) is 3.10. The molecule has 0 saturated carbocycles. The summed E-state index contributed by atoms with van der Waals surface area (Å²) in [7, 11) is 2.03. The standard InChI is InChI=1S/C19H26N4O/c1-15-10-18(22(2)21-15)13-23-8-5-19(6-9-23)11-17(14-24-19)16-4-3-7-20-12-16/h3-4,7,10,12,17H,5-6,8-9,11,13-14H2,1-2H3. The monoisotopic (exact) mass is 326 g/mol. The van der Waals surface area contributed by atoms with Gasteiger partial charge in [0.1, 0.15) is 0 Å².